The van der Waals surface area contributed by atoms with Gasteiger partial charge in [-0.15, -0.1) is 0 Å². The number of nitrogens with zero attached hydrogens (tertiary/aromatic N) is 1. The molecule has 2 rings (SSSR count). The highest BCUT2D eigenvalue weighted by atomic mass is 16.5. The van der Waals surface area contributed by atoms with Crippen LogP contribution in [-0.2, 0) is 9.59 Å². The Bertz CT molecular complexity index is 556. The van der Waals surface area contributed by atoms with Crippen molar-refractivity contribution in [3.63, 3.8) is 0 Å². The first-order valence-corrected chi connectivity index (χ1v) is 6.23. The van der Waals surface area contributed by atoms with E-state index in [-0.39, 0.29) is 6.61 Å². The van der Waals surface area contributed by atoms with Gasteiger partial charge in [-0.25, -0.2) is 4.79 Å². The van der Waals surface area contributed by atoms with Crippen molar-refractivity contribution >= 4 is 11.9 Å². The number of rotatable bonds is 5. The van der Waals surface area contributed by atoms with Crippen molar-refractivity contribution in [1.29, 1.82) is 5.26 Å². The third kappa shape index (κ3) is 2.88. The summed E-state index contributed by atoms with van der Waals surface area (Å²) in [4.78, 5) is 22.8. The Labute approximate surface area is 116 Å². The summed E-state index contributed by atoms with van der Waals surface area (Å²) >= 11 is 0. The van der Waals surface area contributed by atoms with Crippen LogP contribution < -0.4 is 10.1 Å². The second-order valence-corrected chi connectivity index (χ2v) is 4.71. The number of carbonyl (C=O) groups is 2. The molecule has 6 heteroatoms. The van der Waals surface area contributed by atoms with Crippen LogP contribution in [-0.4, -0.2) is 29.1 Å². The molecule has 0 aromatic heterocycles. The molecular formula is C14H14N2O4. The van der Waals surface area contributed by atoms with E-state index < -0.39 is 17.4 Å². The highest BCUT2D eigenvalue weighted by Gasteiger charge is 2.45. The van der Waals surface area contributed by atoms with Gasteiger partial charge in [-0.2, -0.15) is 5.26 Å². The average Bonchev–Trinajstić information content (AvgIpc) is 2.40. The monoisotopic (exact) mass is 274 g/mol. The maximum Gasteiger partial charge on any atom is 0.329 e. The summed E-state index contributed by atoms with van der Waals surface area (Å²) in [5.74, 6) is -1.01. The summed E-state index contributed by atoms with van der Waals surface area (Å²) in [6.45, 7) is -0.249. The Kier molecular flexibility index (Phi) is 3.89. The van der Waals surface area contributed by atoms with Gasteiger partial charge in [0.2, 0.25) is 0 Å². The van der Waals surface area contributed by atoms with Crippen LogP contribution in [0.2, 0.25) is 0 Å². The van der Waals surface area contributed by atoms with Gasteiger partial charge in [-0.05, 0) is 43.5 Å². The van der Waals surface area contributed by atoms with E-state index >= 15 is 0 Å². The number of ether oxygens (including phenoxy) is 1. The highest BCUT2D eigenvalue weighted by Crippen LogP contribution is 2.31. The number of carboxylic acids is 1. The molecule has 1 aromatic rings. The number of benzene rings is 1. The van der Waals surface area contributed by atoms with Crippen LogP contribution in [0.15, 0.2) is 24.3 Å². The lowest BCUT2D eigenvalue weighted by Crippen LogP contribution is -2.59. The topological polar surface area (TPSA) is 99.4 Å². The maximum atomic E-state index is 11.7. The minimum Gasteiger partial charge on any atom is -0.484 e. The molecule has 1 amide bonds. The quantitative estimate of drug-likeness (QED) is 0.836. The summed E-state index contributed by atoms with van der Waals surface area (Å²) in [5.41, 5.74) is -0.619. The van der Waals surface area contributed by atoms with E-state index in [9.17, 15) is 9.59 Å². The van der Waals surface area contributed by atoms with E-state index in [4.69, 9.17) is 15.1 Å². The van der Waals surface area contributed by atoms with Gasteiger partial charge in [0.05, 0.1) is 11.6 Å². The van der Waals surface area contributed by atoms with Crippen LogP contribution in [0.4, 0.5) is 0 Å². The molecular weight excluding hydrogens is 260 g/mol. The van der Waals surface area contributed by atoms with Crippen molar-refractivity contribution in [3.05, 3.63) is 29.8 Å². The molecule has 1 aliphatic rings. The van der Waals surface area contributed by atoms with Gasteiger partial charge in [0.1, 0.15) is 11.3 Å². The lowest BCUT2D eigenvalue weighted by atomic mass is 9.77. The Hall–Kier alpha value is -2.55. The number of carboxylic acid groups (broad SMARTS) is 1. The zero-order valence-corrected chi connectivity index (χ0v) is 10.8. The fraction of sp³-hybridized carbons (Fsp3) is 0.357. The molecule has 0 unspecified atom stereocenters. The predicted octanol–water partition coefficient (Wildman–Crippen LogP) is 1.06. The number of nitriles is 1. The van der Waals surface area contributed by atoms with E-state index in [1.54, 1.807) is 24.3 Å². The Balaban J connectivity index is 1.86. The van der Waals surface area contributed by atoms with Crippen LogP contribution in [0.5, 0.6) is 5.75 Å². The fourth-order valence-corrected chi connectivity index (χ4v) is 2.00. The fourth-order valence-electron chi connectivity index (χ4n) is 2.00. The third-order valence-corrected chi connectivity index (χ3v) is 3.35. The van der Waals surface area contributed by atoms with E-state index in [0.717, 1.165) is 6.42 Å². The van der Waals surface area contributed by atoms with Crippen molar-refractivity contribution in [3.8, 4) is 11.8 Å². The normalized spacial score (nSPS) is 15.6. The lowest BCUT2D eigenvalue weighted by molar-refractivity contribution is -0.152. The van der Waals surface area contributed by atoms with Crippen LogP contribution >= 0.6 is 0 Å². The second-order valence-electron chi connectivity index (χ2n) is 4.71. The number of hydrogen-bond acceptors (Lipinski definition) is 4. The van der Waals surface area contributed by atoms with Gasteiger partial charge in [0.15, 0.2) is 6.61 Å². The van der Waals surface area contributed by atoms with Crippen molar-refractivity contribution < 1.29 is 19.4 Å². The maximum absolute atomic E-state index is 11.7. The lowest BCUT2D eigenvalue weighted by Gasteiger charge is -2.38. The summed E-state index contributed by atoms with van der Waals surface area (Å²) in [6, 6.07) is 8.31. The Morgan fingerprint density at radius 2 is 2.00 bits per heavy atom. The van der Waals surface area contributed by atoms with Crippen LogP contribution in [0.1, 0.15) is 24.8 Å². The number of carbonyl (C=O) groups excluding carboxylic acids is 1. The van der Waals surface area contributed by atoms with E-state index in [1.807, 2.05) is 6.07 Å². The molecule has 0 radical (unpaired) electrons. The molecule has 1 fully saturated rings. The predicted molar refractivity (Wildman–Crippen MR) is 69.0 cm³/mol. The average molecular weight is 274 g/mol. The van der Waals surface area contributed by atoms with Gasteiger partial charge >= 0.3 is 5.97 Å². The molecule has 0 aliphatic heterocycles. The zero-order valence-electron chi connectivity index (χ0n) is 10.8. The van der Waals surface area contributed by atoms with E-state index in [2.05, 4.69) is 5.32 Å². The zero-order chi connectivity index (χ0) is 14.6. The van der Waals surface area contributed by atoms with Crippen molar-refractivity contribution in [1.82, 2.24) is 5.32 Å². The van der Waals surface area contributed by atoms with Crippen molar-refractivity contribution in [2.24, 2.45) is 0 Å². The first-order chi connectivity index (χ1) is 9.55. The minimum atomic E-state index is -1.12. The summed E-state index contributed by atoms with van der Waals surface area (Å²) in [5, 5.41) is 20.2. The number of nitrogens with one attached hydrogen (secondary N) is 1. The molecule has 1 aromatic carbocycles. The molecule has 6 nitrogen and oxygen atoms in total. The van der Waals surface area contributed by atoms with Crippen molar-refractivity contribution in [2.75, 3.05) is 6.61 Å². The molecule has 1 aliphatic carbocycles. The largest absolute Gasteiger partial charge is 0.484 e. The summed E-state index contributed by atoms with van der Waals surface area (Å²) < 4.78 is 5.25. The molecule has 2 N–H and O–H groups in total. The van der Waals surface area contributed by atoms with Crippen molar-refractivity contribution in [2.45, 2.75) is 24.8 Å². The first-order valence-electron chi connectivity index (χ1n) is 6.23. The van der Waals surface area contributed by atoms with E-state index in [0.29, 0.717) is 24.2 Å². The summed E-state index contributed by atoms with van der Waals surface area (Å²) in [6.07, 6.45) is 1.69. The van der Waals surface area contributed by atoms with Gasteiger partial charge in [-0.3, -0.25) is 4.79 Å². The van der Waals surface area contributed by atoms with Gasteiger partial charge < -0.3 is 15.2 Å². The van der Waals surface area contributed by atoms with Crippen LogP contribution in [0.3, 0.4) is 0 Å². The number of aliphatic carboxylic acids is 1. The van der Waals surface area contributed by atoms with Gasteiger partial charge in [-0.1, -0.05) is 0 Å². The molecule has 104 valence electrons. The summed E-state index contributed by atoms with van der Waals surface area (Å²) in [7, 11) is 0. The molecule has 0 atom stereocenters. The SMILES string of the molecule is N#Cc1ccc(OCC(=O)NC2(C(=O)O)CCC2)cc1. The molecule has 20 heavy (non-hydrogen) atoms. The second kappa shape index (κ2) is 5.61. The smallest absolute Gasteiger partial charge is 0.329 e. The third-order valence-electron chi connectivity index (χ3n) is 3.35. The van der Waals surface area contributed by atoms with Crippen LogP contribution in [0.25, 0.3) is 0 Å². The molecule has 0 bridgehead atoms. The van der Waals surface area contributed by atoms with Gasteiger partial charge in [0, 0.05) is 0 Å². The number of amides is 1. The van der Waals surface area contributed by atoms with Crippen LogP contribution in [0, 0.1) is 11.3 Å². The minimum absolute atomic E-state index is 0.249. The molecule has 0 saturated heterocycles. The first kappa shape index (κ1) is 13.9. The molecule has 0 spiro atoms. The molecule has 1 saturated carbocycles. The molecule has 0 heterocycles. The van der Waals surface area contributed by atoms with Gasteiger partial charge in [0.25, 0.3) is 5.91 Å². The highest BCUT2D eigenvalue weighted by molar-refractivity contribution is 5.88. The standard InChI is InChI=1S/C14H14N2O4/c15-8-10-2-4-11(5-3-10)20-9-12(17)16-14(13(18)19)6-1-7-14/h2-5H,1,6-7,9H2,(H,16,17)(H,18,19). The Morgan fingerprint density at radius 1 is 1.35 bits per heavy atom. The Morgan fingerprint density at radius 3 is 2.45 bits per heavy atom. The number of hydrogen-bond donors (Lipinski definition) is 2. The van der Waals surface area contributed by atoms with E-state index in [1.165, 1.54) is 0 Å².